The Hall–Kier alpha value is -2.22. The van der Waals surface area contributed by atoms with Gasteiger partial charge in [0.1, 0.15) is 11.5 Å². The molecule has 0 atom stereocenters. The van der Waals surface area contributed by atoms with Gasteiger partial charge in [-0.25, -0.2) is 0 Å². The normalized spacial score (nSPS) is 11.3. The number of nitrogens with zero attached hydrogens (tertiary/aromatic N) is 1. The van der Waals surface area contributed by atoms with E-state index in [2.05, 4.69) is 4.74 Å². The fourth-order valence-corrected chi connectivity index (χ4v) is 2.78. The molecule has 8 heteroatoms. The maximum Gasteiger partial charge on any atom is 0.573 e. The number of thiophene rings is 1. The standard InChI is InChI=1S/C14H12F3NO3S/c1-18(2)13(20)12-6-5-11(22-12)9-7-8(3-4-10(9)19)21-14(15,16)17/h3-7,19H,1-2H3. The van der Waals surface area contributed by atoms with Crippen molar-refractivity contribution in [3.8, 4) is 21.9 Å². The molecule has 0 radical (unpaired) electrons. The van der Waals surface area contributed by atoms with Gasteiger partial charge in [0.25, 0.3) is 5.91 Å². The molecule has 0 aliphatic carbocycles. The Morgan fingerprint density at radius 1 is 1.23 bits per heavy atom. The van der Waals surface area contributed by atoms with Crippen LogP contribution in [0.2, 0.25) is 0 Å². The van der Waals surface area contributed by atoms with Crippen molar-refractivity contribution in [2.75, 3.05) is 14.1 Å². The van der Waals surface area contributed by atoms with E-state index in [1.165, 1.54) is 4.90 Å². The molecule has 0 spiro atoms. The van der Waals surface area contributed by atoms with Gasteiger partial charge in [0.15, 0.2) is 0 Å². The largest absolute Gasteiger partial charge is 0.573 e. The molecule has 0 unspecified atom stereocenters. The summed E-state index contributed by atoms with van der Waals surface area (Å²) in [6.07, 6.45) is -4.81. The van der Waals surface area contributed by atoms with Gasteiger partial charge in [-0.1, -0.05) is 0 Å². The Balaban J connectivity index is 2.36. The highest BCUT2D eigenvalue weighted by molar-refractivity contribution is 7.17. The van der Waals surface area contributed by atoms with Gasteiger partial charge in [0.05, 0.1) is 4.88 Å². The summed E-state index contributed by atoms with van der Waals surface area (Å²) in [7, 11) is 3.19. The van der Waals surface area contributed by atoms with E-state index in [9.17, 15) is 23.1 Å². The fourth-order valence-electron chi connectivity index (χ4n) is 1.73. The van der Waals surface area contributed by atoms with E-state index in [-0.39, 0.29) is 17.2 Å². The predicted molar refractivity (Wildman–Crippen MR) is 76.1 cm³/mol. The highest BCUT2D eigenvalue weighted by Crippen LogP contribution is 2.38. The molecule has 1 N–H and O–H groups in total. The van der Waals surface area contributed by atoms with Crippen LogP contribution in [0.15, 0.2) is 30.3 Å². The number of amides is 1. The second kappa shape index (κ2) is 5.88. The van der Waals surface area contributed by atoms with Crippen LogP contribution in [0.3, 0.4) is 0 Å². The summed E-state index contributed by atoms with van der Waals surface area (Å²) in [5, 5.41) is 9.82. The third-order valence-corrected chi connectivity index (χ3v) is 3.80. The Bertz CT molecular complexity index is 695. The molecule has 0 saturated heterocycles. The van der Waals surface area contributed by atoms with Gasteiger partial charge < -0.3 is 14.7 Å². The summed E-state index contributed by atoms with van der Waals surface area (Å²) in [5.74, 6) is -0.854. The number of hydrogen-bond acceptors (Lipinski definition) is 4. The minimum atomic E-state index is -4.81. The fraction of sp³-hybridized carbons (Fsp3) is 0.214. The Labute approximate surface area is 128 Å². The Morgan fingerprint density at radius 2 is 1.91 bits per heavy atom. The van der Waals surface area contributed by atoms with E-state index < -0.39 is 12.1 Å². The van der Waals surface area contributed by atoms with E-state index in [1.807, 2.05) is 0 Å². The van der Waals surface area contributed by atoms with Crippen LogP contribution >= 0.6 is 11.3 Å². The zero-order chi connectivity index (χ0) is 16.5. The van der Waals surface area contributed by atoms with Gasteiger partial charge in [-0.3, -0.25) is 4.79 Å². The molecule has 1 amide bonds. The van der Waals surface area contributed by atoms with Crippen molar-refractivity contribution in [3.63, 3.8) is 0 Å². The lowest BCUT2D eigenvalue weighted by molar-refractivity contribution is -0.274. The third kappa shape index (κ3) is 3.70. The topological polar surface area (TPSA) is 49.8 Å². The predicted octanol–water partition coefficient (Wildman–Crippen LogP) is 3.72. The number of rotatable bonds is 3. The average molecular weight is 331 g/mol. The molecule has 1 aromatic carbocycles. The van der Waals surface area contributed by atoms with Crippen LogP contribution in [0.25, 0.3) is 10.4 Å². The van der Waals surface area contributed by atoms with E-state index in [4.69, 9.17) is 0 Å². The van der Waals surface area contributed by atoms with Crippen molar-refractivity contribution in [2.45, 2.75) is 6.36 Å². The third-order valence-electron chi connectivity index (χ3n) is 2.69. The number of carbonyl (C=O) groups excluding carboxylic acids is 1. The molecule has 4 nitrogen and oxygen atoms in total. The van der Waals surface area contributed by atoms with Gasteiger partial charge >= 0.3 is 6.36 Å². The summed E-state index contributed by atoms with van der Waals surface area (Å²) >= 11 is 1.08. The lowest BCUT2D eigenvalue weighted by atomic mass is 10.1. The SMILES string of the molecule is CN(C)C(=O)c1ccc(-c2cc(OC(F)(F)F)ccc2O)s1. The molecule has 0 aliphatic heterocycles. The van der Waals surface area contributed by atoms with Gasteiger partial charge in [0.2, 0.25) is 0 Å². The van der Waals surface area contributed by atoms with Gasteiger partial charge in [-0.05, 0) is 30.3 Å². The molecule has 0 bridgehead atoms. The first-order valence-electron chi connectivity index (χ1n) is 6.08. The summed E-state index contributed by atoms with van der Waals surface area (Å²) in [6, 6.07) is 6.33. The zero-order valence-electron chi connectivity index (χ0n) is 11.6. The quantitative estimate of drug-likeness (QED) is 0.932. The van der Waals surface area contributed by atoms with Crippen molar-refractivity contribution < 1.29 is 27.8 Å². The molecule has 0 fully saturated rings. The Morgan fingerprint density at radius 3 is 2.50 bits per heavy atom. The van der Waals surface area contributed by atoms with E-state index in [1.54, 1.807) is 26.2 Å². The second-order valence-electron chi connectivity index (χ2n) is 4.59. The first kappa shape index (κ1) is 16.2. The molecule has 22 heavy (non-hydrogen) atoms. The number of phenolic OH excluding ortho intramolecular Hbond substituents is 1. The number of halogens is 3. The molecule has 1 heterocycles. The summed E-state index contributed by atoms with van der Waals surface area (Å²) < 4.78 is 40.6. The minimum Gasteiger partial charge on any atom is -0.507 e. The first-order valence-corrected chi connectivity index (χ1v) is 6.89. The molecule has 0 aliphatic rings. The Kier molecular flexibility index (Phi) is 4.32. The number of alkyl halides is 3. The molecule has 2 rings (SSSR count). The monoisotopic (exact) mass is 331 g/mol. The van der Waals surface area contributed by atoms with Gasteiger partial charge in [-0.2, -0.15) is 0 Å². The average Bonchev–Trinajstić information content (AvgIpc) is 2.87. The molecule has 1 aromatic heterocycles. The van der Waals surface area contributed by atoms with E-state index in [0.29, 0.717) is 9.75 Å². The van der Waals surface area contributed by atoms with Crippen molar-refractivity contribution in [1.29, 1.82) is 0 Å². The summed E-state index contributed by atoms with van der Waals surface area (Å²) in [6.45, 7) is 0. The molecule has 0 saturated carbocycles. The van der Waals surface area contributed by atoms with Crippen LogP contribution in [0, 0.1) is 0 Å². The lowest BCUT2D eigenvalue weighted by Crippen LogP contribution is -2.20. The maximum atomic E-state index is 12.2. The first-order chi connectivity index (χ1) is 10.2. The maximum absolute atomic E-state index is 12.2. The van der Waals surface area contributed by atoms with E-state index >= 15 is 0 Å². The highest BCUT2D eigenvalue weighted by Gasteiger charge is 2.31. The zero-order valence-corrected chi connectivity index (χ0v) is 12.5. The number of phenols is 1. The van der Waals surface area contributed by atoms with E-state index in [0.717, 1.165) is 29.5 Å². The van der Waals surface area contributed by atoms with Crippen LogP contribution in [-0.2, 0) is 0 Å². The number of aromatic hydroxyl groups is 1. The molecule has 2 aromatic rings. The smallest absolute Gasteiger partial charge is 0.507 e. The summed E-state index contributed by atoms with van der Waals surface area (Å²) in [4.78, 5) is 14.1. The van der Waals surface area contributed by atoms with Crippen LogP contribution in [-0.4, -0.2) is 36.4 Å². The number of hydrogen-bond donors (Lipinski definition) is 1. The number of carbonyl (C=O) groups is 1. The molecular formula is C14H12F3NO3S. The van der Waals surface area contributed by atoms with Gasteiger partial charge in [-0.15, -0.1) is 24.5 Å². The van der Waals surface area contributed by atoms with Crippen LogP contribution in [0.5, 0.6) is 11.5 Å². The molecule has 118 valence electrons. The lowest BCUT2D eigenvalue weighted by Gasteiger charge is -2.10. The highest BCUT2D eigenvalue weighted by atomic mass is 32.1. The van der Waals surface area contributed by atoms with Crippen LogP contribution in [0.1, 0.15) is 9.67 Å². The molecular weight excluding hydrogens is 319 g/mol. The van der Waals surface area contributed by atoms with Crippen LogP contribution in [0.4, 0.5) is 13.2 Å². The second-order valence-corrected chi connectivity index (χ2v) is 5.67. The minimum absolute atomic E-state index is 0.171. The van der Waals surface area contributed by atoms with Crippen molar-refractivity contribution in [2.24, 2.45) is 0 Å². The summed E-state index contributed by atoms with van der Waals surface area (Å²) in [5.41, 5.74) is 0.171. The van der Waals surface area contributed by atoms with Crippen molar-refractivity contribution in [3.05, 3.63) is 35.2 Å². The number of ether oxygens (including phenoxy) is 1. The van der Waals surface area contributed by atoms with Gasteiger partial charge in [0, 0.05) is 24.5 Å². The van der Waals surface area contributed by atoms with Crippen molar-refractivity contribution in [1.82, 2.24) is 4.90 Å². The van der Waals surface area contributed by atoms with Crippen LogP contribution < -0.4 is 4.74 Å². The number of benzene rings is 1. The van der Waals surface area contributed by atoms with Crippen molar-refractivity contribution >= 4 is 17.2 Å².